The summed E-state index contributed by atoms with van der Waals surface area (Å²) in [6.07, 6.45) is 0.535. The molecule has 10 heteroatoms. The summed E-state index contributed by atoms with van der Waals surface area (Å²) >= 11 is 0. The first-order valence-electron chi connectivity index (χ1n) is 4.77. The number of hydrogen-bond donors (Lipinski definition) is 2. The van der Waals surface area contributed by atoms with Gasteiger partial charge in [-0.15, -0.1) is 0 Å². The summed E-state index contributed by atoms with van der Waals surface area (Å²) in [5.41, 5.74) is 0. The Balaban J connectivity index is 0. The second-order valence-electron chi connectivity index (χ2n) is 4.20. The van der Waals surface area contributed by atoms with E-state index in [1.54, 1.807) is 0 Å². The molecular weight excluding hydrogens is 313 g/mol. The Morgan fingerprint density at radius 3 is 2.28 bits per heavy atom. The smallest absolute Gasteiger partial charge is 0.809 e. The molecule has 1 aliphatic rings. The van der Waals surface area contributed by atoms with Crippen molar-refractivity contribution in [1.29, 1.82) is 0 Å². The van der Waals surface area contributed by atoms with Crippen molar-refractivity contribution < 1.29 is 127 Å². The molecule has 0 spiro atoms. The van der Waals surface area contributed by atoms with Crippen LogP contribution in [0, 0.1) is 0 Å². The third-order valence-electron chi connectivity index (χ3n) is 2.43. The molecule has 0 aromatic heterocycles. The van der Waals surface area contributed by atoms with Crippen LogP contribution in [0.2, 0.25) is 0 Å². The van der Waals surface area contributed by atoms with Gasteiger partial charge in [0.1, 0.15) is 6.04 Å². The summed E-state index contributed by atoms with van der Waals surface area (Å²) in [4.78, 5) is 44.1. The summed E-state index contributed by atoms with van der Waals surface area (Å²) in [5, 5.41) is 2.65. The van der Waals surface area contributed by atoms with Gasteiger partial charge in [0.05, 0.1) is 5.28 Å². The van der Waals surface area contributed by atoms with Crippen molar-refractivity contribution in [1.82, 2.24) is 10.6 Å². The molecule has 1 heterocycles. The van der Waals surface area contributed by atoms with E-state index < -0.39 is 24.8 Å². The second kappa shape index (κ2) is 8.72. The van der Waals surface area contributed by atoms with E-state index in [1.807, 2.05) is 0 Å². The van der Waals surface area contributed by atoms with E-state index in [4.69, 9.17) is 0 Å². The van der Waals surface area contributed by atoms with Crippen molar-refractivity contribution >= 4 is 19.4 Å². The molecule has 92 valence electrons. The third-order valence-corrected chi connectivity index (χ3v) is 3.91. The Bertz CT molecular complexity index is 370. The van der Waals surface area contributed by atoms with Gasteiger partial charge in [-0.3, -0.25) is 9.59 Å². The van der Waals surface area contributed by atoms with Crippen LogP contribution in [0.1, 0.15) is 26.7 Å². The fourth-order valence-corrected chi connectivity index (χ4v) is 1.51. The predicted molar refractivity (Wildman–Crippen MR) is 51.0 cm³/mol. The zero-order valence-electron chi connectivity index (χ0n) is 11.0. The monoisotopic (exact) mass is 326 g/mol. The summed E-state index contributed by atoms with van der Waals surface area (Å²) < 4.78 is 10.8. The van der Waals surface area contributed by atoms with E-state index in [9.17, 15) is 23.9 Å². The van der Waals surface area contributed by atoms with Crippen LogP contribution in [0.15, 0.2) is 0 Å². The first-order chi connectivity index (χ1) is 7.13. The van der Waals surface area contributed by atoms with Crippen LogP contribution < -0.4 is 123 Å². The first kappa shape index (κ1) is 22.6. The van der Waals surface area contributed by atoms with Gasteiger partial charge < -0.3 is 25.0 Å². The summed E-state index contributed by atoms with van der Waals surface area (Å²) in [6, 6.07) is -0.752. The Hall–Kier alpha value is 2.36. The van der Waals surface area contributed by atoms with Crippen LogP contribution in [-0.2, 0) is 14.2 Å². The molecule has 2 amide bonds. The minimum Gasteiger partial charge on any atom is -0.809 e. The molecule has 7 nitrogen and oxygen atoms in total. The number of carbonyl (C=O) groups excluding carboxylic acids is 2. The molecule has 18 heavy (non-hydrogen) atoms. The van der Waals surface area contributed by atoms with Gasteiger partial charge in [0.25, 0.3) is 0 Å². The minimum absolute atomic E-state index is 0. The van der Waals surface area contributed by atoms with Crippen LogP contribution in [0.25, 0.3) is 0 Å². The molecule has 1 saturated heterocycles. The maximum Gasteiger partial charge on any atom is 1.00 e. The molecular formula is C8H13K2N2O5P. The number of amides is 2. The van der Waals surface area contributed by atoms with E-state index in [0.29, 0.717) is 6.42 Å². The van der Waals surface area contributed by atoms with Crippen molar-refractivity contribution in [3.63, 3.8) is 0 Å². The van der Waals surface area contributed by atoms with E-state index in [1.165, 1.54) is 0 Å². The molecule has 0 radical (unpaired) electrons. The first-order valence-corrected chi connectivity index (χ1v) is 6.31. The maximum absolute atomic E-state index is 11.5. The maximum atomic E-state index is 11.5. The number of hydrogen-bond acceptors (Lipinski definition) is 5. The molecule has 1 aliphatic heterocycles. The van der Waals surface area contributed by atoms with Gasteiger partial charge in [0, 0.05) is 6.42 Å². The second-order valence-corrected chi connectivity index (χ2v) is 6.32. The van der Waals surface area contributed by atoms with Gasteiger partial charge in [-0.2, -0.15) is 0 Å². The van der Waals surface area contributed by atoms with E-state index in [-0.39, 0.29) is 115 Å². The molecule has 0 aromatic rings. The van der Waals surface area contributed by atoms with Gasteiger partial charge in [-0.1, -0.05) is 0 Å². The minimum atomic E-state index is -4.92. The number of rotatable bonds is 3. The molecule has 1 fully saturated rings. The van der Waals surface area contributed by atoms with Crippen molar-refractivity contribution in [2.45, 2.75) is 38.0 Å². The largest absolute Gasteiger partial charge is 1.00 e. The fraction of sp³-hybridized carbons (Fsp3) is 0.750. The number of carbonyl (C=O) groups is 2. The van der Waals surface area contributed by atoms with Crippen LogP contribution in [0.5, 0.6) is 0 Å². The Labute approximate surface area is 191 Å². The van der Waals surface area contributed by atoms with E-state index in [2.05, 4.69) is 10.6 Å². The Morgan fingerprint density at radius 1 is 1.44 bits per heavy atom. The zero-order valence-corrected chi connectivity index (χ0v) is 18.1. The molecule has 2 N–H and O–H groups in total. The third kappa shape index (κ3) is 6.42. The summed E-state index contributed by atoms with van der Waals surface area (Å²) in [7, 11) is -4.92. The summed E-state index contributed by atoms with van der Waals surface area (Å²) in [6.45, 7) is 2.23. The molecule has 0 saturated carbocycles. The molecule has 0 aromatic carbocycles. The Morgan fingerprint density at radius 2 is 1.94 bits per heavy atom. The average Bonchev–Trinajstić information content (AvgIpc) is 2.48. The fourth-order valence-electron chi connectivity index (χ4n) is 1.27. The molecule has 1 unspecified atom stereocenters. The summed E-state index contributed by atoms with van der Waals surface area (Å²) in [5.74, 6) is -0.909. The van der Waals surface area contributed by atoms with Gasteiger partial charge in [0.15, 0.2) is 0 Å². The van der Waals surface area contributed by atoms with Gasteiger partial charge >= 0.3 is 103 Å². The van der Waals surface area contributed by atoms with Crippen LogP contribution in [0.4, 0.5) is 0 Å². The van der Waals surface area contributed by atoms with Gasteiger partial charge in [0.2, 0.25) is 11.8 Å². The quantitative estimate of drug-likeness (QED) is 0.394. The van der Waals surface area contributed by atoms with Crippen molar-refractivity contribution in [3.05, 3.63) is 0 Å². The topological polar surface area (TPSA) is 121 Å². The average molecular weight is 326 g/mol. The SMILES string of the molecule is CC(C)(NC(=O)C1CCC(=O)N1)P(=O)([O-])[O-].[K+].[K+]. The zero-order chi connectivity index (χ0) is 12.6. The molecule has 0 bridgehead atoms. The van der Waals surface area contributed by atoms with Crippen LogP contribution >= 0.6 is 7.60 Å². The normalized spacial score (nSPS) is 19.3. The van der Waals surface area contributed by atoms with Crippen LogP contribution in [-0.4, -0.2) is 23.1 Å². The Kier molecular flexibility index (Phi) is 11.0. The molecule has 1 atom stereocenters. The van der Waals surface area contributed by atoms with Gasteiger partial charge in [-0.05, 0) is 27.9 Å². The van der Waals surface area contributed by atoms with E-state index >= 15 is 0 Å². The molecule has 1 rings (SSSR count). The van der Waals surface area contributed by atoms with E-state index in [0.717, 1.165) is 13.8 Å². The predicted octanol–water partition coefficient (Wildman–Crippen LogP) is -7.96. The van der Waals surface area contributed by atoms with Gasteiger partial charge in [-0.25, -0.2) is 0 Å². The standard InChI is InChI=1S/C8H15N2O5P.2K/c1-8(2,16(13,14)15)10-7(12)5-3-4-6(11)9-5;;/h5H,3-4H2,1-2H3,(H,9,11)(H,10,12)(H2,13,14,15);;/q;2*+1/p-2. The van der Waals surface area contributed by atoms with Crippen molar-refractivity contribution in [2.75, 3.05) is 0 Å². The molecule has 0 aliphatic carbocycles. The van der Waals surface area contributed by atoms with Crippen molar-refractivity contribution in [2.24, 2.45) is 0 Å². The number of nitrogens with one attached hydrogen (secondary N) is 2. The van der Waals surface area contributed by atoms with Crippen molar-refractivity contribution in [3.8, 4) is 0 Å². The van der Waals surface area contributed by atoms with Crippen LogP contribution in [0.3, 0.4) is 0 Å².